The van der Waals surface area contributed by atoms with E-state index in [9.17, 15) is 9.90 Å². The predicted molar refractivity (Wildman–Crippen MR) is 87.4 cm³/mol. The molecule has 0 atom stereocenters. The predicted octanol–water partition coefficient (Wildman–Crippen LogP) is 3.98. The van der Waals surface area contributed by atoms with Crippen molar-refractivity contribution < 1.29 is 9.52 Å². The van der Waals surface area contributed by atoms with E-state index in [1.807, 2.05) is 18.2 Å². The molecule has 1 aromatic heterocycles. The van der Waals surface area contributed by atoms with E-state index in [4.69, 9.17) is 4.42 Å². The van der Waals surface area contributed by atoms with Crippen molar-refractivity contribution in [2.45, 2.75) is 26.2 Å². The Morgan fingerprint density at radius 1 is 1.00 bits per heavy atom. The van der Waals surface area contributed by atoms with Gasteiger partial charge in [-0.3, -0.25) is 0 Å². The van der Waals surface area contributed by atoms with Gasteiger partial charge in [0.1, 0.15) is 11.3 Å². The third-order valence-corrected chi connectivity index (χ3v) is 4.01. The van der Waals surface area contributed by atoms with Crippen LogP contribution in [0.5, 0.6) is 5.75 Å². The lowest BCUT2D eigenvalue weighted by molar-refractivity contribution is 0.455. The van der Waals surface area contributed by atoms with Crippen molar-refractivity contribution >= 4 is 11.0 Å². The van der Waals surface area contributed by atoms with Crippen LogP contribution in [0.1, 0.15) is 23.1 Å². The van der Waals surface area contributed by atoms with Gasteiger partial charge in [0.15, 0.2) is 0 Å². The number of hydrogen-bond donors (Lipinski definition) is 1. The molecule has 3 nitrogen and oxygen atoms in total. The van der Waals surface area contributed by atoms with Gasteiger partial charge in [0.05, 0.1) is 10.9 Å². The molecule has 0 fully saturated rings. The average Bonchev–Trinajstić information content (AvgIpc) is 2.52. The third-order valence-electron chi connectivity index (χ3n) is 4.01. The summed E-state index contributed by atoms with van der Waals surface area (Å²) in [7, 11) is 0. The Morgan fingerprint density at radius 2 is 1.73 bits per heavy atom. The molecule has 0 unspecified atom stereocenters. The second-order valence-electron chi connectivity index (χ2n) is 5.49. The number of hydrogen-bond acceptors (Lipinski definition) is 3. The van der Waals surface area contributed by atoms with Gasteiger partial charge in [0.2, 0.25) is 0 Å². The number of rotatable bonds is 4. The first-order valence-electron chi connectivity index (χ1n) is 7.45. The second kappa shape index (κ2) is 6.06. The Labute approximate surface area is 128 Å². The number of para-hydroxylation sites is 1. The summed E-state index contributed by atoms with van der Waals surface area (Å²) in [4.78, 5) is 12.0. The van der Waals surface area contributed by atoms with Crippen LogP contribution in [0.25, 0.3) is 11.0 Å². The molecular weight excluding hydrogens is 276 g/mol. The van der Waals surface area contributed by atoms with Crippen molar-refractivity contribution in [3.05, 3.63) is 75.6 Å². The minimum atomic E-state index is -0.444. The zero-order valence-corrected chi connectivity index (χ0v) is 12.5. The number of benzene rings is 2. The van der Waals surface area contributed by atoms with Gasteiger partial charge < -0.3 is 9.52 Å². The van der Waals surface area contributed by atoms with Gasteiger partial charge in [0, 0.05) is 0 Å². The molecule has 112 valence electrons. The van der Waals surface area contributed by atoms with Crippen LogP contribution in [0, 0.1) is 6.92 Å². The second-order valence-corrected chi connectivity index (χ2v) is 5.49. The van der Waals surface area contributed by atoms with Crippen LogP contribution in [0.15, 0.2) is 57.7 Å². The maximum Gasteiger partial charge on any atom is 0.343 e. The Morgan fingerprint density at radius 3 is 2.55 bits per heavy atom. The van der Waals surface area contributed by atoms with Gasteiger partial charge in [-0.05, 0) is 49.4 Å². The van der Waals surface area contributed by atoms with Gasteiger partial charge in [-0.2, -0.15) is 0 Å². The van der Waals surface area contributed by atoms with Gasteiger partial charge in [0.25, 0.3) is 0 Å². The van der Waals surface area contributed by atoms with E-state index in [-0.39, 0.29) is 5.75 Å². The maximum atomic E-state index is 12.0. The Hall–Kier alpha value is -2.55. The fourth-order valence-corrected chi connectivity index (χ4v) is 2.74. The Bertz CT molecular complexity index is 862. The molecule has 0 aliphatic rings. The third kappa shape index (κ3) is 2.75. The highest BCUT2D eigenvalue weighted by Gasteiger charge is 2.13. The van der Waals surface area contributed by atoms with Crippen LogP contribution < -0.4 is 5.63 Å². The highest BCUT2D eigenvalue weighted by molar-refractivity contribution is 5.83. The summed E-state index contributed by atoms with van der Waals surface area (Å²) >= 11 is 0. The molecule has 3 heteroatoms. The number of aryl methyl sites for hydroxylation is 2. The van der Waals surface area contributed by atoms with Gasteiger partial charge >= 0.3 is 5.63 Å². The molecule has 0 aliphatic carbocycles. The fraction of sp³-hybridized carbons (Fsp3) is 0.211. The molecule has 3 rings (SSSR count). The minimum Gasteiger partial charge on any atom is -0.507 e. The first kappa shape index (κ1) is 14.4. The number of aromatic hydroxyl groups is 1. The summed E-state index contributed by atoms with van der Waals surface area (Å²) in [6.45, 7) is 2.08. The molecule has 0 spiro atoms. The zero-order valence-electron chi connectivity index (χ0n) is 12.5. The van der Waals surface area contributed by atoms with E-state index in [0.717, 1.165) is 12.8 Å². The molecule has 22 heavy (non-hydrogen) atoms. The first-order chi connectivity index (χ1) is 10.7. The summed E-state index contributed by atoms with van der Waals surface area (Å²) in [5.74, 6) is 0.0524. The summed E-state index contributed by atoms with van der Waals surface area (Å²) < 4.78 is 5.28. The summed E-state index contributed by atoms with van der Waals surface area (Å²) in [6, 6.07) is 15.3. The largest absolute Gasteiger partial charge is 0.507 e. The molecule has 1 N–H and O–H groups in total. The van der Waals surface area contributed by atoms with Crippen LogP contribution >= 0.6 is 0 Å². The minimum absolute atomic E-state index is 0.0524. The maximum absolute atomic E-state index is 12.0. The van der Waals surface area contributed by atoms with Crippen molar-refractivity contribution in [3.63, 3.8) is 0 Å². The lowest BCUT2D eigenvalue weighted by Crippen LogP contribution is -2.08. The van der Waals surface area contributed by atoms with Crippen molar-refractivity contribution in [3.8, 4) is 5.75 Å². The first-order valence-corrected chi connectivity index (χ1v) is 7.45. The van der Waals surface area contributed by atoms with Crippen LogP contribution in [-0.2, 0) is 12.8 Å². The van der Waals surface area contributed by atoms with Crippen molar-refractivity contribution in [1.29, 1.82) is 0 Å². The summed E-state index contributed by atoms with van der Waals surface area (Å²) in [5, 5.41) is 10.9. The fourth-order valence-electron chi connectivity index (χ4n) is 2.74. The van der Waals surface area contributed by atoms with Crippen LogP contribution in [-0.4, -0.2) is 5.11 Å². The monoisotopic (exact) mass is 294 g/mol. The van der Waals surface area contributed by atoms with Crippen LogP contribution in [0.4, 0.5) is 0 Å². The zero-order chi connectivity index (χ0) is 15.5. The van der Waals surface area contributed by atoms with E-state index < -0.39 is 5.63 Å². The molecule has 0 aliphatic heterocycles. The van der Waals surface area contributed by atoms with E-state index >= 15 is 0 Å². The van der Waals surface area contributed by atoms with Crippen molar-refractivity contribution in [2.24, 2.45) is 0 Å². The van der Waals surface area contributed by atoms with Gasteiger partial charge in [-0.25, -0.2) is 4.79 Å². The van der Waals surface area contributed by atoms with E-state index in [0.29, 0.717) is 23.0 Å². The topological polar surface area (TPSA) is 50.4 Å². The Balaban J connectivity index is 1.82. The van der Waals surface area contributed by atoms with Crippen LogP contribution in [0.3, 0.4) is 0 Å². The highest BCUT2D eigenvalue weighted by Crippen LogP contribution is 2.27. The Kier molecular flexibility index (Phi) is 3.96. The van der Waals surface area contributed by atoms with Gasteiger partial charge in [-0.1, -0.05) is 36.4 Å². The van der Waals surface area contributed by atoms with E-state index in [1.54, 1.807) is 18.2 Å². The summed E-state index contributed by atoms with van der Waals surface area (Å²) in [5.41, 5.74) is 2.87. The molecular formula is C19H18O3. The molecule has 0 radical (unpaired) electrons. The smallest absolute Gasteiger partial charge is 0.343 e. The van der Waals surface area contributed by atoms with Crippen molar-refractivity contribution in [2.75, 3.05) is 0 Å². The van der Waals surface area contributed by atoms with E-state index in [2.05, 4.69) is 19.1 Å². The lowest BCUT2D eigenvalue weighted by Gasteiger charge is -2.07. The lowest BCUT2D eigenvalue weighted by atomic mass is 10.0. The molecule has 0 bridgehead atoms. The van der Waals surface area contributed by atoms with Crippen LogP contribution in [0.2, 0.25) is 0 Å². The summed E-state index contributed by atoms with van der Waals surface area (Å²) in [6.07, 6.45) is 2.17. The quantitative estimate of drug-likeness (QED) is 0.740. The van der Waals surface area contributed by atoms with E-state index in [1.165, 1.54) is 11.1 Å². The molecule has 3 aromatic rings. The molecule has 2 aromatic carbocycles. The average molecular weight is 294 g/mol. The number of fused-ring (bicyclic) bond motifs is 1. The standard InChI is InChI=1S/C19H18O3/c1-13-7-2-3-8-14(13)9-6-11-16-18(20)15-10-4-5-12-17(15)22-19(16)21/h2-5,7-8,10,12,20H,6,9,11H2,1H3. The normalized spacial score (nSPS) is 11.0. The van der Waals surface area contributed by atoms with Gasteiger partial charge in [-0.15, -0.1) is 0 Å². The molecule has 0 saturated carbocycles. The highest BCUT2D eigenvalue weighted by atomic mass is 16.4. The molecule has 0 amide bonds. The molecule has 0 saturated heterocycles. The van der Waals surface area contributed by atoms with Crippen molar-refractivity contribution in [1.82, 2.24) is 0 Å². The molecule has 1 heterocycles. The SMILES string of the molecule is Cc1ccccc1CCCc1c(O)c2ccccc2oc1=O.